The summed E-state index contributed by atoms with van der Waals surface area (Å²) >= 11 is 0. The van der Waals surface area contributed by atoms with Crippen molar-refractivity contribution in [1.29, 1.82) is 0 Å². The van der Waals surface area contributed by atoms with Gasteiger partial charge >= 0.3 is 0 Å². The molecule has 2 saturated carbocycles. The first-order valence-corrected chi connectivity index (χ1v) is 6.24. The normalized spacial score (nSPS) is 40.9. The fraction of sp³-hybridized carbons (Fsp3) is 1.00. The molecule has 3 rings (SSSR count). The summed E-state index contributed by atoms with van der Waals surface area (Å²) in [6.07, 6.45) is 7.41. The molecule has 0 aromatic heterocycles. The van der Waals surface area contributed by atoms with Gasteiger partial charge in [0.25, 0.3) is 0 Å². The van der Waals surface area contributed by atoms with Crippen LogP contribution in [0.4, 0.5) is 0 Å². The Morgan fingerprint density at radius 1 is 1.00 bits per heavy atom. The first-order valence-electron chi connectivity index (χ1n) is 6.24. The molecule has 0 bridgehead atoms. The van der Waals surface area contributed by atoms with Gasteiger partial charge in [-0.1, -0.05) is 19.3 Å². The molecule has 2 heteroatoms. The predicted octanol–water partition coefficient (Wildman–Crippen LogP) is 2.07. The van der Waals surface area contributed by atoms with Gasteiger partial charge in [0.1, 0.15) is 0 Å². The lowest BCUT2D eigenvalue weighted by atomic mass is 9.81. The van der Waals surface area contributed by atoms with Gasteiger partial charge in [-0.15, -0.1) is 0 Å². The van der Waals surface area contributed by atoms with E-state index in [2.05, 4.69) is 4.90 Å². The molecule has 79 valence electrons. The molecular weight excluding hydrogens is 174 g/mol. The van der Waals surface area contributed by atoms with E-state index in [0.29, 0.717) is 0 Å². The Hall–Kier alpha value is -0.0800. The van der Waals surface area contributed by atoms with Crippen molar-refractivity contribution >= 4 is 0 Å². The molecule has 1 radical (unpaired) electrons. The highest BCUT2D eigenvalue weighted by Crippen LogP contribution is 2.49. The molecule has 0 aromatic carbocycles. The van der Waals surface area contributed by atoms with Gasteiger partial charge in [0, 0.05) is 19.1 Å². The van der Waals surface area contributed by atoms with E-state index < -0.39 is 0 Å². The highest BCUT2D eigenvalue weighted by molar-refractivity contribution is 5.01. The van der Waals surface area contributed by atoms with Gasteiger partial charge < -0.3 is 0 Å². The van der Waals surface area contributed by atoms with E-state index in [1.807, 2.05) is 0 Å². The minimum Gasteiger partial charge on any atom is -0.300 e. The molecule has 0 amide bonds. The van der Waals surface area contributed by atoms with Crippen LogP contribution in [-0.4, -0.2) is 30.1 Å². The van der Waals surface area contributed by atoms with Crippen molar-refractivity contribution in [3.63, 3.8) is 0 Å². The monoisotopic (exact) mass is 194 g/mol. The van der Waals surface area contributed by atoms with E-state index >= 15 is 0 Å². The van der Waals surface area contributed by atoms with Crippen molar-refractivity contribution in [2.75, 3.05) is 13.1 Å². The van der Waals surface area contributed by atoms with E-state index in [9.17, 15) is 5.11 Å². The van der Waals surface area contributed by atoms with Crippen LogP contribution in [0.25, 0.3) is 0 Å². The van der Waals surface area contributed by atoms with Crippen molar-refractivity contribution in [3.8, 4) is 0 Å². The van der Waals surface area contributed by atoms with Gasteiger partial charge in [-0.3, -0.25) is 4.90 Å². The third-order valence-corrected chi connectivity index (χ3v) is 4.51. The van der Waals surface area contributed by atoms with Gasteiger partial charge in [0.15, 0.2) is 0 Å². The summed E-state index contributed by atoms with van der Waals surface area (Å²) in [4.78, 5) is 2.59. The highest BCUT2D eigenvalue weighted by atomic mass is 16.3. The smallest absolute Gasteiger partial charge is 0.0954 e. The number of rotatable bonds is 2. The largest absolute Gasteiger partial charge is 0.300 e. The molecule has 3 aliphatic rings. The number of piperidine rings is 1. The molecule has 3 fully saturated rings. The highest BCUT2D eigenvalue weighted by Gasteiger charge is 2.48. The molecule has 2 atom stereocenters. The lowest BCUT2D eigenvalue weighted by molar-refractivity contribution is 0.0225. The van der Waals surface area contributed by atoms with Crippen molar-refractivity contribution in [3.05, 3.63) is 0 Å². The van der Waals surface area contributed by atoms with Crippen LogP contribution < -0.4 is 0 Å². The van der Waals surface area contributed by atoms with Gasteiger partial charge in [0.05, 0.1) is 6.10 Å². The third kappa shape index (κ3) is 1.59. The summed E-state index contributed by atoms with van der Waals surface area (Å²) in [7, 11) is 0. The Labute approximate surface area is 86.3 Å². The Morgan fingerprint density at radius 2 is 1.71 bits per heavy atom. The molecule has 14 heavy (non-hydrogen) atoms. The van der Waals surface area contributed by atoms with Gasteiger partial charge in [0.2, 0.25) is 0 Å². The lowest BCUT2D eigenvalue weighted by Gasteiger charge is -2.32. The quantitative estimate of drug-likeness (QED) is 0.660. The first kappa shape index (κ1) is 9.17. The predicted molar refractivity (Wildman–Crippen MR) is 54.5 cm³/mol. The zero-order valence-corrected chi connectivity index (χ0v) is 8.82. The Morgan fingerprint density at radius 3 is 2.29 bits per heavy atom. The van der Waals surface area contributed by atoms with Crippen molar-refractivity contribution in [2.45, 2.75) is 50.7 Å². The van der Waals surface area contributed by atoms with Crippen LogP contribution >= 0.6 is 0 Å². The molecule has 2 aliphatic carbocycles. The summed E-state index contributed by atoms with van der Waals surface area (Å²) in [6, 6.07) is 0.882. The summed E-state index contributed by atoms with van der Waals surface area (Å²) in [6.45, 7) is 2.17. The SMILES string of the molecule is [O]C1CCN(C2CC2C2CCC2)CC1. The second-order valence-corrected chi connectivity index (χ2v) is 5.39. The van der Waals surface area contributed by atoms with Crippen LogP contribution in [0.15, 0.2) is 0 Å². The number of hydrogen-bond donors (Lipinski definition) is 0. The molecule has 2 nitrogen and oxygen atoms in total. The Kier molecular flexibility index (Phi) is 2.29. The van der Waals surface area contributed by atoms with Gasteiger partial charge in [-0.25, -0.2) is 5.11 Å². The van der Waals surface area contributed by atoms with Crippen molar-refractivity contribution < 1.29 is 5.11 Å². The maximum atomic E-state index is 11.2. The van der Waals surface area contributed by atoms with E-state index in [-0.39, 0.29) is 6.10 Å². The number of hydrogen-bond acceptors (Lipinski definition) is 1. The van der Waals surface area contributed by atoms with E-state index in [4.69, 9.17) is 0 Å². The van der Waals surface area contributed by atoms with Crippen LogP contribution in [0.2, 0.25) is 0 Å². The van der Waals surface area contributed by atoms with Crippen molar-refractivity contribution in [2.24, 2.45) is 11.8 Å². The standard InChI is InChI=1S/C12H20NO/c14-10-4-6-13(7-5-10)12-8-11(12)9-2-1-3-9/h9-12H,1-8H2. The average Bonchev–Trinajstić information content (AvgIpc) is 2.83. The van der Waals surface area contributed by atoms with Gasteiger partial charge in [-0.2, -0.15) is 0 Å². The molecule has 0 aromatic rings. The maximum Gasteiger partial charge on any atom is 0.0954 e. The zero-order valence-electron chi connectivity index (χ0n) is 8.82. The maximum absolute atomic E-state index is 11.2. The van der Waals surface area contributed by atoms with E-state index in [1.165, 1.54) is 25.7 Å². The molecule has 1 aliphatic heterocycles. The average molecular weight is 194 g/mol. The summed E-state index contributed by atoms with van der Waals surface area (Å²) in [5.41, 5.74) is 0. The molecule has 0 N–H and O–H groups in total. The molecule has 2 unspecified atom stereocenters. The first-order chi connectivity index (χ1) is 6.84. The van der Waals surface area contributed by atoms with Crippen LogP contribution in [0.3, 0.4) is 0 Å². The van der Waals surface area contributed by atoms with Crippen LogP contribution in [0.1, 0.15) is 38.5 Å². The van der Waals surface area contributed by atoms with Gasteiger partial charge in [-0.05, 0) is 31.1 Å². The molecular formula is C12H20NO. The summed E-state index contributed by atoms with van der Waals surface area (Å²) in [5, 5.41) is 11.2. The van der Waals surface area contributed by atoms with E-state index in [1.54, 1.807) is 0 Å². The lowest BCUT2D eigenvalue weighted by Crippen LogP contribution is -2.38. The summed E-state index contributed by atoms with van der Waals surface area (Å²) < 4.78 is 0. The molecule has 1 heterocycles. The molecule has 0 spiro atoms. The van der Waals surface area contributed by atoms with Crippen molar-refractivity contribution in [1.82, 2.24) is 4.90 Å². The third-order valence-electron chi connectivity index (χ3n) is 4.51. The Bertz CT molecular complexity index is 206. The zero-order chi connectivity index (χ0) is 9.54. The second kappa shape index (κ2) is 3.49. The topological polar surface area (TPSA) is 23.1 Å². The second-order valence-electron chi connectivity index (χ2n) is 5.39. The molecule has 1 saturated heterocycles. The van der Waals surface area contributed by atoms with Crippen LogP contribution in [0.5, 0.6) is 0 Å². The van der Waals surface area contributed by atoms with E-state index in [0.717, 1.165) is 43.8 Å². The minimum atomic E-state index is -0.257. The fourth-order valence-electron chi connectivity index (χ4n) is 3.20. The summed E-state index contributed by atoms with van der Waals surface area (Å²) in [5.74, 6) is 2.08. The van der Waals surface area contributed by atoms with Crippen LogP contribution in [0, 0.1) is 11.8 Å². The number of likely N-dealkylation sites (tertiary alicyclic amines) is 1. The Balaban J connectivity index is 1.48. The number of nitrogens with zero attached hydrogens (tertiary/aromatic N) is 1. The minimum absolute atomic E-state index is 0.257. The fourth-order valence-corrected chi connectivity index (χ4v) is 3.20. The van der Waals surface area contributed by atoms with Crippen LogP contribution in [-0.2, 0) is 5.11 Å².